The number of halogens is 1. The van der Waals surface area contributed by atoms with Crippen molar-refractivity contribution in [2.24, 2.45) is 23.7 Å². The molecule has 6 aliphatic rings. The lowest BCUT2D eigenvalue weighted by molar-refractivity contribution is 0.419. The molecule has 0 radical (unpaired) electrons. The van der Waals surface area contributed by atoms with Gasteiger partial charge in [0.25, 0.3) is 0 Å². The van der Waals surface area contributed by atoms with Crippen LogP contribution in [0.1, 0.15) is 271 Å². The lowest BCUT2D eigenvalue weighted by Crippen LogP contribution is -2.11. The second-order valence-corrected chi connectivity index (χ2v) is 33.2. The monoisotopic (exact) mass is 1300 g/mol. The SMILES string of the molecule is Cc1cc(C)c(F)c(C)c1C.Cc1cc(C2CC3CCC2C3)c2ccccc2c1C.Cc1cc(C2CC3CCC2C3)cc(C)c1C.Cc1cc(C2CCCCC2)c2ccccc2c1C.Cc1cc2cccc(C(C)(C)C)c2cc1C.Cc1cc2cccc(C3CCCCC3)c2cc1C. The van der Waals surface area contributed by atoms with Gasteiger partial charge in [-0.15, -0.1) is 0 Å². The van der Waals surface area contributed by atoms with Crippen LogP contribution in [0.4, 0.5) is 4.39 Å². The third kappa shape index (κ3) is 16.2. The van der Waals surface area contributed by atoms with Gasteiger partial charge in [0.05, 0.1) is 0 Å². The maximum atomic E-state index is 13.2. The van der Waals surface area contributed by atoms with Gasteiger partial charge < -0.3 is 0 Å². The molecule has 0 nitrogen and oxygen atoms in total. The van der Waals surface area contributed by atoms with Crippen LogP contribution in [0.15, 0.2) is 140 Å². The smallest absolute Gasteiger partial charge is 0.129 e. The second-order valence-electron chi connectivity index (χ2n) is 33.2. The van der Waals surface area contributed by atoms with Gasteiger partial charge in [-0.2, -0.15) is 0 Å². The van der Waals surface area contributed by atoms with Crippen molar-refractivity contribution in [1.82, 2.24) is 0 Å². The largest absolute Gasteiger partial charge is 0.206 e. The van der Waals surface area contributed by atoms with Gasteiger partial charge in [0.15, 0.2) is 0 Å². The van der Waals surface area contributed by atoms with Crippen molar-refractivity contribution in [1.29, 1.82) is 0 Å². The van der Waals surface area contributed by atoms with Crippen molar-refractivity contribution >= 4 is 43.1 Å². The standard InChI is InChI=1S/C19H22.2C18H22.C16H22.C16H20.C10H13F/c1-12-9-19(18-11-14-7-8-15(18)10-14)17-6-4-3-5-16(17)13(12)2;1-13-12-18(15-8-4-3-5-9-15)17-11-7-6-10-16(17)14(13)2;1-13-11-16-9-6-10-17(18(16)12-14(13)2)15-7-4-3-5-8-15;1-10-6-15(7-11(2)12(10)3)16-9-13-4-5-14(16)8-13;1-11-9-13-7-6-8-15(16(3,4)5)14(13)10-12(11)2;1-6-5-7(2)10(11)9(4)8(6)3/h3-6,9,14-15,18H,7-8,10-11H2,1-2H3;6-7,10-12,15H,3-5,8-9H2,1-2H3;6,9-12,15H,3-5,7-8H2,1-2H3;6-7,13-14,16H,4-5,8-9H2,1-3H3;6-10H,1-5H3;5H,1-4H3. The summed E-state index contributed by atoms with van der Waals surface area (Å²) >= 11 is 0. The van der Waals surface area contributed by atoms with Gasteiger partial charge in [-0.1, -0.05) is 212 Å². The highest BCUT2D eigenvalue weighted by Gasteiger charge is 2.42. The minimum Gasteiger partial charge on any atom is -0.206 e. The highest BCUT2D eigenvalue weighted by Crippen LogP contribution is 2.55. The summed E-state index contributed by atoms with van der Waals surface area (Å²) in [7, 11) is 0. The fourth-order valence-corrected chi connectivity index (χ4v) is 18.8. The van der Waals surface area contributed by atoms with Crippen LogP contribution in [0.3, 0.4) is 0 Å². The highest BCUT2D eigenvalue weighted by atomic mass is 19.1. The zero-order chi connectivity index (χ0) is 69.9. The summed E-state index contributed by atoms with van der Waals surface area (Å²) in [6, 6.07) is 52.5. The Kier molecular flexibility index (Phi) is 23.2. The summed E-state index contributed by atoms with van der Waals surface area (Å²) in [5, 5.41) is 11.6. The summed E-state index contributed by atoms with van der Waals surface area (Å²) in [5.74, 6) is 7.30. The van der Waals surface area contributed by atoms with Crippen LogP contribution >= 0.6 is 0 Å². The fourth-order valence-electron chi connectivity index (χ4n) is 18.8. The Morgan fingerprint density at radius 3 is 1.22 bits per heavy atom. The molecule has 10 aromatic rings. The summed E-state index contributed by atoms with van der Waals surface area (Å²) in [6.45, 7) is 39.0. The van der Waals surface area contributed by atoms with E-state index in [4.69, 9.17) is 0 Å². The molecule has 1 heteroatoms. The van der Waals surface area contributed by atoms with Crippen molar-refractivity contribution in [3.05, 3.63) is 257 Å². The normalized spacial score (nSPS) is 20.4. The third-order valence-electron chi connectivity index (χ3n) is 25.6. The van der Waals surface area contributed by atoms with Gasteiger partial charge in [-0.3, -0.25) is 0 Å². The molecule has 6 aliphatic carbocycles. The number of benzene rings is 10. The molecule has 0 saturated heterocycles. The molecule has 516 valence electrons. The molecule has 0 amide bonds. The Morgan fingerprint density at radius 2 is 0.724 bits per heavy atom. The fraction of sp³-hybridized carbons (Fsp3) is 0.464. The number of fused-ring (bicyclic) bond motifs is 8. The summed E-state index contributed by atoms with van der Waals surface area (Å²) in [5.41, 5.74) is 27.7. The van der Waals surface area contributed by atoms with Crippen LogP contribution < -0.4 is 0 Å². The van der Waals surface area contributed by atoms with Crippen LogP contribution in [0.5, 0.6) is 0 Å². The Bertz CT molecular complexity index is 4400. The summed E-state index contributed by atoms with van der Waals surface area (Å²) < 4.78 is 13.2. The van der Waals surface area contributed by atoms with Gasteiger partial charge in [0, 0.05) is 0 Å². The van der Waals surface area contributed by atoms with E-state index in [1.54, 1.807) is 29.2 Å². The first-order valence-electron chi connectivity index (χ1n) is 38.6. The van der Waals surface area contributed by atoms with E-state index in [2.05, 4.69) is 230 Å². The van der Waals surface area contributed by atoms with E-state index in [-0.39, 0.29) is 11.2 Å². The van der Waals surface area contributed by atoms with Crippen LogP contribution in [0, 0.1) is 133 Å². The van der Waals surface area contributed by atoms with E-state index in [0.29, 0.717) is 0 Å². The van der Waals surface area contributed by atoms with Crippen molar-refractivity contribution in [3.63, 3.8) is 0 Å². The molecular weight excluding hydrogens is 1180 g/mol. The first-order valence-corrected chi connectivity index (χ1v) is 38.6. The lowest BCUT2D eigenvalue weighted by atomic mass is 9.80. The van der Waals surface area contributed by atoms with Crippen LogP contribution in [-0.4, -0.2) is 0 Å². The molecule has 0 heterocycles. The molecule has 4 bridgehead atoms. The number of aryl methyl sites for hydroxylation is 12. The molecular formula is C97H121F. The van der Waals surface area contributed by atoms with E-state index in [1.165, 1.54) is 231 Å². The molecule has 6 unspecified atom stereocenters. The first kappa shape index (κ1) is 72.4. The van der Waals surface area contributed by atoms with E-state index in [1.807, 2.05) is 26.8 Å². The average Bonchev–Trinajstić information content (AvgIpc) is 1.46. The topological polar surface area (TPSA) is 0 Å². The molecule has 6 atom stereocenters. The molecule has 10 aromatic carbocycles. The van der Waals surface area contributed by atoms with Gasteiger partial charge in [-0.25, -0.2) is 4.39 Å². The Labute approximate surface area is 593 Å². The second kappa shape index (κ2) is 31.4. The van der Waals surface area contributed by atoms with Crippen LogP contribution in [0.2, 0.25) is 0 Å². The van der Waals surface area contributed by atoms with E-state index in [0.717, 1.165) is 64.0 Å². The van der Waals surface area contributed by atoms with Crippen molar-refractivity contribution in [2.45, 2.75) is 269 Å². The van der Waals surface area contributed by atoms with Gasteiger partial charge in [0.2, 0.25) is 0 Å². The number of rotatable bonds is 4. The molecule has 0 aliphatic heterocycles. The number of hydrogen-bond donors (Lipinski definition) is 0. The van der Waals surface area contributed by atoms with Crippen molar-refractivity contribution in [2.75, 3.05) is 0 Å². The predicted octanol–water partition coefficient (Wildman–Crippen LogP) is 28.7. The highest BCUT2D eigenvalue weighted by molar-refractivity contribution is 5.92. The minimum absolute atomic E-state index is 0.0619. The predicted molar refractivity (Wildman–Crippen MR) is 426 cm³/mol. The summed E-state index contributed by atoms with van der Waals surface area (Å²) in [6.07, 6.45) is 25.9. The van der Waals surface area contributed by atoms with Gasteiger partial charge in [0.1, 0.15) is 5.82 Å². The summed E-state index contributed by atoms with van der Waals surface area (Å²) in [4.78, 5) is 0. The molecule has 0 spiro atoms. The average molecular weight is 1310 g/mol. The molecule has 6 saturated carbocycles. The molecule has 16 rings (SSSR count). The Balaban J connectivity index is 0.000000120. The minimum atomic E-state index is -0.0619. The molecule has 6 fully saturated rings. The van der Waals surface area contributed by atoms with Crippen molar-refractivity contribution in [3.8, 4) is 0 Å². The van der Waals surface area contributed by atoms with E-state index in [9.17, 15) is 4.39 Å². The van der Waals surface area contributed by atoms with Crippen LogP contribution in [-0.2, 0) is 5.41 Å². The zero-order valence-electron chi connectivity index (χ0n) is 64.0. The van der Waals surface area contributed by atoms with E-state index >= 15 is 0 Å². The number of hydrogen-bond acceptors (Lipinski definition) is 0. The first-order chi connectivity index (χ1) is 46.8. The molecule has 0 aromatic heterocycles. The zero-order valence-corrected chi connectivity index (χ0v) is 64.0. The molecule has 98 heavy (non-hydrogen) atoms. The third-order valence-corrected chi connectivity index (χ3v) is 25.6. The lowest BCUT2D eigenvalue weighted by Gasteiger charge is -2.25. The Hall–Kier alpha value is -6.83. The maximum Gasteiger partial charge on any atom is 0.129 e. The quantitative estimate of drug-likeness (QED) is 0.165. The maximum absolute atomic E-state index is 13.2. The van der Waals surface area contributed by atoms with Crippen molar-refractivity contribution < 1.29 is 4.39 Å². The Morgan fingerprint density at radius 1 is 0.296 bits per heavy atom. The van der Waals surface area contributed by atoms with E-state index < -0.39 is 0 Å². The molecule has 0 N–H and O–H groups in total. The van der Waals surface area contributed by atoms with Crippen LogP contribution in [0.25, 0.3) is 43.1 Å². The van der Waals surface area contributed by atoms with Gasteiger partial charge in [-0.05, 0) is 375 Å². The van der Waals surface area contributed by atoms with Gasteiger partial charge >= 0.3 is 0 Å².